The van der Waals surface area contributed by atoms with E-state index < -0.39 is 16.4 Å². The molecule has 0 bridgehead atoms. The average Bonchev–Trinajstić information content (AvgIpc) is 1.71. The van der Waals surface area contributed by atoms with Gasteiger partial charge in [-0.1, -0.05) is 11.6 Å². The van der Waals surface area contributed by atoms with Crippen LogP contribution >= 0.6 is 62.1 Å². The van der Waals surface area contributed by atoms with Crippen molar-refractivity contribution in [3.8, 4) is 0 Å². The molecule has 26 nitrogen and oxygen atoms in total. The molecule has 14 heterocycles. The zero-order chi connectivity index (χ0) is 75.9. The normalized spacial score (nSPS) is 15.3. The number of nitrogens with two attached hydrogens (primary N) is 1. The Morgan fingerprint density at radius 1 is 0.621 bits per heavy atom. The van der Waals surface area contributed by atoms with E-state index in [1.54, 1.807) is 48.0 Å². The fourth-order valence-electron chi connectivity index (χ4n) is 10.5. The third-order valence-corrected chi connectivity index (χ3v) is 15.4. The van der Waals surface area contributed by atoms with Crippen LogP contribution in [-0.4, -0.2) is 145 Å². The minimum Gasteiger partial charge on any atom is -0.444 e. The van der Waals surface area contributed by atoms with Gasteiger partial charge in [0.2, 0.25) is 0 Å². The fraction of sp³-hybridized carbons (Fsp3) is 0.394. The molecule has 0 aliphatic carbocycles. The van der Waals surface area contributed by atoms with Crippen molar-refractivity contribution in [2.24, 2.45) is 5.73 Å². The molecule has 7 N–H and O–H groups in total. The Balaban J connectivity index is 0.000000188. The van der Waals surface area contributed by atoms with Gasteiger partial charge >= 0.3 is 23.0 Å². The minimum atomic E-state index is -3.22. The molecule has 3 atom stereocenters. The standard InChI is InChI=1S/C17H24N4O2.C12H16N4.C9H18N2O2.C8H7ClN2.C8H8N2O.C8H7NO2.C6H7NO.C3H5ClO.Cl3OP/c1-12-10-20-8-5-6-14(20)15(18-12)21-9-7-13(11-21)19-16(22)23-17(2,3)4;1-9-7-15-5-2-3-11(15)12(14-9)16-6-4-10(13)8-16;1-9(2,3)13-8(12)11-7-4-5-10-6-7;1-6-5-11-4-2-3-7(11)8(9)10-6;1-6-5-10-4-2-3-7(10)8(11)9-6;1-6-5-9-4-2-3-7(9)8(10)11-6;1-5(8)6-3-2-4-7-6;1-3(5)2-4;1-5(2,3)4/h5-6,8,10,13H,7,9,11H2,1-4H3,(H,19,22);2-3,5,7,10H,4,6,8,13H2,1H3;7,10H,4-6H2,1-3H3,(H,11,12);2-5H,1H3;2-5H,1H3,(H,9,11);2-5H,1H3;2-4,7H,1H3;2H2,1H3;/t13-;10-;7-;;;;;;/m000....../s1. The van der Waals surface area contributed by atoms with E-state index in [4.69, 9.17) is 42.8 Å². The lowest BCUT2D eigenvalue weighted by atomic mass is 10.2. The van der Waals surface area contributed by atoms with Gasteiger partial charge in [-0.25, -0.2) is 29.3 Å². The Hall–Kier alpha value is -8.59. The number of amides is 2. The molecule has 11 aromatic rings. The van der Waals surface area contributed by atoms with E-state index in [2.05, 4.69) is 124 Å². The van der Waals surface area contributed by atoms with Crippen LogP contribution in [0.25, 0.3) is 27.6 Å². The number of alkyl halides is 1. The molecular formula is C71H92Cl5N16O10P. The van der Waals surface area contributed by atoms with Gasteiger partial charge in [-0.3, -0.25) is 18.9 Å². The zero-order valence-corrected chi connectivity index (χ0v) is 64.7. The molecule has 3 aliphatic heterocycles. The number of carbonyl (C=O) groups excluding carboxylic acids is 4. The summed E-state index contributed by atoms with van der Waals surface area (Å²) >= 11 is 24.7. The smallest absolute Gasteiger partial charge is 0.407 e. The zero-order valence-electron chi connectivity index (χ0n) is 60.1. The molecule has 0 saturated carbocycles. The van der Waals surface area contributed by atoms with Gasteiger partial charge < -0.3 is 77.3 Å². The van der Waals surface area contributed by atoms with Crippen LogP contribution in [0, 0.1) is 34.6 Å². The summed E-state index contributed by atoms with van der Waals surface area (Å²) < 4.78 is 34.6. The van der Waals surface area contributed by atoms with Gasteiger partial charge in [0.25, 0.3) is 5.56 Å². The van der Waals surface area contributed by atoms with Gasteiger partial charge in [0.15, 0.2) is 22.6 Å². The number of ketones is 2. The average molecular weight is 1540 g/mol. The van der Waals surface area contributed by atoms with Crippen LogP contribution in [0.3, 0.4) is 0 Å². The lowest BCUT2D eigenvalue weighted by molar-refractivity contribution is -0.114. The Labute approximate surface area is 622 Å². The monoisotopic (exact) mass is 1530 g/mol. The number of aryl methyl sites for hydroxylation is 5. The number of aromatic amines is 2. The first-order valence-electron chi connectivity index (χ1n) is 33.0. The molecule has 3 fully saturated rings. The molecule has 11 aromatic heterocycles. The molecule has 103 heavy (non-hydrogen) atoms. The fourth-order valence-corrected chi connectivity index (χ4v) is 10.8. The van der Waals surface area contributed by atoms with Crippen LogP contribution in [0.4, 0.5) is 21.2 Å². The Morgan fingerprint density at radius 3 is 1.51 bits per heavy atom. The third-order valence-electron chi connectivity index (χ3n) is 14.7. The molecular weight excluding hydrogens is 1450 g/mol. The predicted molar refractivity (Wildman–Crippen MR) is 411 cm³/mol. The van der Waals surface area contributed by atoms with Crippen molar-refractivity contribution < 1.29 is 37.6 Å². The molecule has 556 valence electrons. The number of H-pyrrole nitrogens is 2. The highest BCUT2D eigenvalue weighted by atomic mass is 36.0. The molecule has 0 aromatic carbocycles. The number of alkyl carbamates (subject to hydrolysis) is 2. The van der Waals surface area contributed by atoms with Crippen molar-refractivity contribution in [1.29, 1.82) is 0 Å². The first kappa shape index (κ1) is 83.4. The summed E-state index contributed by atoms with van der Waals surface area (Å²) in [5.41, 5.74) is 13.7. The number of anilines is 2. The number of hydrogen-bond donors (Lipinski definition) is 6. The molecule has 0 unspecified atom stereocenters. The summed E-state index contributed by atoms with van der Waals surface area (Å²) in [7, 11) is 0. The quantitative estimate of drug-likeness (QED) is 0.0512. The summed E-state index contributed by atoms with van der Waals surface area (Å²) in [6.45, 7) is 29.1. The number of nitrogens with one attached hydrogen (secondary N) is 5. The van der Waals surface area contributed by atoms with Gasteiger partial charge in [-0.15, -0.1) is 11.6 Å². The van der Waals surface area contributed by atoms with E-state index in [9.17, 15) is 33.3 Å². The number of aromatic nitrogens is 10. The largest absolute Gasteiger partial charge is 0.444 e. The van der Waals surface area contributed by atoms with Crippen LogP contribution in [0.2, 0.25) is 5.15 Å². The molecule has 0 radical (unpaired) electrons. The van der Waals surface area contributed by atoms with Crippen molar-refractivity contribution in [1.82, 2.24) is 62.9 Å². The lowest BCUT2D eigenvalue weighted by Gasteiger charge is -2.22. The van der Waals surface area contributed by atoms with Gasteiger partial charge in [0, 0.05) is 126 Å². The van der Waals surface area contributed by atoms with Crippen molar-refractivity contribution in [3.63, 3.8) is 0 Å². The number of carbonyl (C=O) groups is 4. The second-order valence-electron chi connectivity index (χ2n) is 26.3. The van der Waals surface area contributed by atoms with Crippen molar-refractivity contribution in [3.05, 3.63) is 201 Å². The van der Waals surface area contributed by atoms with E-state index in [1.807, 2.05) is 152 Å². The van der Waals surface area contributed by atoms with E-state index in [1.165, 1.54) is 19.4 Å². The molecule has 0 spiro atoms. The maximum atomic E-state index is 11.9. The predicted octanol–water partition coefficient (Wildman–Crippen LogP) is 14.1. The van der Waals surface area contributed by atoms with Crippen LogP contribution < -0.4 is 42.7 Å². The molecule has 32 heteroatoms. The van der Waals surface area contributed by atoms with Gasteiger partial charge in [0.05, 0.1) is 51.2 Å². The van der Waals surface area contributed by atoms with Crippen molar-refractivity contribution in [2.45, 2.75) is 139 Å². The summed E-state index contributed by atoms with van der Waals surface area (Å²) in [5.74, 6) is 2.90. The Morgan fingerprint density at radius 2 is 1.07 bits per heavy atom. The number of nitrogens with zero attached hydrogens (tertiary/aromatic N) is 10. The highest BCUT2D eigenvalue weighted by molar-refractivity contribution is 8.24. The van der Waals surface area contributed by atoms with Crippen molar-refractivity contribution >= 4 is 125 Å². The lowest BCUT2D eigenvalue weighted by Crippen LogP contribution is -2.40. The van der Waals surface area contributed by atoms with Gasteiger partial charge in [-0.05, 0) is 215 Å². The highest BCUT2D eigenvalue weighted by Crippen LogP contribution is 2.61. The van der Waals surface area contributed by atoms with E-state index in [-0.39, 0.29) is 58.9 Å². The van der Waals surface area contributed by atoms with Crippen molar-refractivity contribution in [2.75, 3.05) is 54.9 Å². The SMILES string of the molecule is CC(=O)CCl.CC(=O)c1ccc[nH]1.CC(C)(C)OC(=O)N[C@H]1CCNC1.Cc1cn2cccc2c(=O)[nH]1.Cc1cn2cccc2c(=O)o1.Cc1cn2cccc2c(Cl)n1.Cc1cn2cccc2c(N2CC[C@H](N)C2)n1.Cc1cn2cccc2c(N2CC[C@H](NC(=O)OC(C)(C)C)C2)n1.O=P(Cl)(Cl)Cl. The third kappa shape index (κ3) is 28.5. The minimum absolute atomic E-state index is 0.0201. The first-order chi connectivity index (χ1) is 48.4. The summed E-state index contributed by atoms with van der Waals surface area (Å²) in [4.78, 5) is 89.0. The van der Waals surface area contributed by atoms with E-state index >= 15 is 0 Å². The number of rotatable bonds is 6. The van der Waals surface area contributed by atoms with Gasteiger partial charge in [-0.2, -0.15) is 0 Å². The van der Waals surface area contributed by atoms with Gasteiger partial charge in [0.1, 0.15) is 33.8 Å². The number of fused-ring (bicyclic) bond motifs is 5. The second-order valence-corrected chi connectivity index (χ2v) is 33.5. The number of Topliss-reactive ketones (excluding diaryl/α,β-unsaturated/α-hetero) is 2. The topological polar surface area (TPSA) is 312 Å². The Bertz CT molecular complexity index is 4640. The first-order valence-corrected chi connectivity index (χ1v) is 38.3. The highest BCUT2D eigenvalue weighted by Gasteiger charge is 2.29. The number of ether oxygens (including phenoxy) is 2. The number of hydrogen-bond acceptors (Lipinski definition) is 17. The molecule has 14 rings (SSSR count). The maximum Gasteiger partial charge on any atom is 0.407 e. The van der Waals surface area contributed by atoms with E-state index in [0.29, 0.717) is 27.6 Å². The summed E-state index contributed by atoms with van der Waals surface area (Å²) in [6, 6.07) is 23.5. The van der Waals surface area contributed by atoms with Crippen LogP contribution in [0.15, 0.2) is 155 Å². The van der Waals surface area contributed by atoms with E-state index in [0.717, 1.165) is 104 Å². The maximum absolute atomic E-state index is 11.9. The summed E-state index contributed by atoms with van der Waals surface area (Å²) in [5, 5.41) is 6.28. The van der Waals surface area contributed by atoms with Crippen LogP contribution in [0.1, 0.15) is 114 Å². The second kappa shape index (κ2) is 38.8. The van der Waals surface area contributed by atoms with Crippen LogP contribution in [0.5, 0.6) is 0 Å². The molecule has 3 saturated heterocycles. The Kier molecular flexibility index (Phi) is 31.4. The van der Waals surface area contributed by atoms with Crippen LogP contribution in [-0.2, 0) is 18.8 Å². The molecule has 3 aliphatic rings. The number of halogens is 5. The molecule has 2 amide bonds. The summed E-state index contributed by atoms with van der Waals surface area (Å²) in [6.07, 6.45) is 23.4.